The Bertz CT molecular complexity index is 447. The molecule has 0 spiro atoms. The molecule has 2 heterocycles. The van der Waals surface area contributed by atoms with E-state index in [0.717, 1.165) is 11.8 Å². The molecule has 2 nitrogen and oxygen atoms in total. The molecule has 2 aliphatic rings. The van der Waals surface area contributed by atoms with Gasteiger partial charge in [0, 0.05) is 25.2 Å². The van der Waals surface area contributed by atoms with E-state index in [1.165, 1.54) is 49.3 Å². The van der Waals surface area contributed by atoms with E-state index in [1.807, 2.05) is 0 Å². The summed E-state index contributed by atoms with van der Waals surface area (Å²) in [5.41, 5.74) is 6.02. The molecule has 0 aliphatic carbocycles. The highest BCUT2D eigenvalue weighted by Gasteiger charge is 2.34. The predicted molar refractivity (Wildman–Crippen MR) is 77.5 cm³/mol. The second-order valence-electron chi connectivity index (χ2n) is 6.02. The number of fused-ring (bicyclic) bond motifs is 1. The van der Waals surface area contributed by atoms with Crippen molar-refractivity contribution in [2.75, 3.05) is 31.6 Å². The number of hydrogen-bond acceptors (Lipinski definition) is 2. The van der Waals surface area contributed by atoms with Crippen molar-refractivity contribution in [1.29, 1.82) is 0 Å². The lowest BCUT2D eigenvalue weighted by Gasteiger charge is -2.28. The van der Waals surface area contributed by atoms with Crippen molar-refractivity contribution >= 4 is 5.69 Å². The van der Waals surface area contributed by atoms with E-state index in [1.54, 1.807) is 5.56 Å². The van der Waals surface area contributed by atoms with E-state index < -0.39 is 0 Å². The van der Waals surface area contributed by atoms with E-state index in [4.69, 9.17) is 0 Å². The molecule has 0 saturated carbocycles. The number of anilines is 1. The van der Waals surface area contributed by atoms with Crippen LogP contribution in [0.4, 0.5) is 5.69 Å². The topological polar surface area (TPSA) is 15.3 Å². The van der Waals surface area contributed by atoms with Gasteiger partial charge in [-0.3, -0.25) is 0 Å². The van der Waals surface area contributed by atoms with E-state index >= 15 is 0 Å². The largest absolute Gasteiger partial charge is 0.374 e. The van der Waals surface area contributed by atoms with Crippen LogP contribution in [0.3, 0.4) is 0 Å². The normalized spacial score (nSPS) is 24.4. The van der Waals surface area contributed by atoms with Crippen molar-refractivity contribution in [2.45, 2.75) is 32.6 Å². The van der Waals surface area contributed by atoms with E-state index in [2.05, 4.69) is 43.2 Å². The molecule has 2 aliphatic heterocycles. The third-order valence-corrected chi connectivity index (χ3v) is 4.94. The Kier molecular flexibility index (Phi) is 3.06. The van der Waals surface area contributed by atoms with Gasteiger partial charge in [-0.2, -0.15) is 0 Å². The minimum atomic E-state index is 0.756. The van der Waals surface area contributed by atoms with Gasteiger partial charge in [0.05, 0.1) is 0 Å². The molecule has 0 amide bonds. The summed E-state index contributed by atoms with van der Waals surface area (Å²) in [4.78, 5) is 2.48. The van der Waals surface area contributed by atoms with Crippen LogP contribution >= 0.6 is 0 Å². The second kappa shape index (κ2) is 4.58. The smallest absolute Gasteiger partial charge is 0.0432 e. The summed E-state index contributed by atoms with van der Waals surface area (Å²) in [5, 5.41) is 3.48. The zero-order valence-corrected chi connectivity index (χ0v) is 11.8. The summed E-state index contributed by atoms with van der Waals surface area (Å²) in [6.07, 6.45) is 2.68. The Balaban J connectivity index is 1.96. The van der Waals surface area contributed by atoms with Crippen LogP contribution in [0.15, 0.2) is 12.1 Å². The first-order chi connectivity index (χ1) is 8.68. The highest BCUT2D eigenvalue weighted by molar-refractivity contribution is 5.66. The fourth-order valence-electron chi connectivity index (χ4n) is 3.76. The van der Waals surface area contributed by atoms with Crippen LogP contribution in [0.1, 0.15) is 35.4 Å². The lowest BCUT2D eigenvalue weighted by Crippen LogP contribution is -2.32. The molecule has 1 aromatic rings. The maximum atomic E-state index is 3.48. The average molecular weight is 244 g/mol. The first-order valence-electron chi connectivity index (χ1n) is 7.20. The Morgan fingerprint density at radius 1 is 1.17 bits per heavy atom. The van der Waals surface area contributed by atoms with Crippen molar-refractivity contribution in [3.63, 3.8) is 0 Å². The van der Waals surface area contributed by atoms with E-state index in [-0.39, 0.29) is 0 Å². The van der Waals surface area contributed by atoms with Crippen LogP contribution in [-0.2, 0) is 0 Å². The summed E-state index contributed by atoms with van der Waals surface area (Å²) < 4.78 is 0. The maximum absolute atomic E-state index is 3.48. The lowest BCUT2D eigenvalue weighted by atomic mass is 9.81. The number of piperidine rings is 1. The molecule has 1 fully saturated rings. The highest BCUT2D eigenvalue weighted by atomic mass is 15.1. The second-order valence-corrected chi connectivity index (χ2v) is 6.02. The number of benzene rings is 1. The van der Waals surface area contributed by atoms with Gasteiger partial charge >= 0.3 is 0 Å². The third kappa shape index (κ3) is 1.83. The zero-order chi connectivity index (χ0) is 12.7. The molecular formula is C16H24N2. The molecule has 1 aromatic carbocycles. The Morgan fingerprint density at radius 2 is 1.89 bits per heavy atom. The minimum Gasteiger partial charge on any atom is -0.374 e. The summed E-state index contributed by atoms with van der Waals surface area (Å²) in [6.45, 7) is 8.11. The van der Waals surface area contributed by atoms with Crippen molar-refractivity contribution in [3.05, 3.63) is 28.8 Å². The van der Waals surface area contributed by atoms with Crippen LogP contribution in [0.5, 0.6) is 0 Å². The molecule has 1 N–H and O–H groups in total. The van der Waals surface area contributed by atoms with Crippen molar-refractivity contribution in [2.24, 2.45) is 5.92 Å². The fourth-order valence-corrected chi connectivity index (χ4v) is 3.76. The van der Waals surface area contributed by atoms with Crippen LogP contribution in [0, 0.1) is 19.8 Å². The van der Waals surface area contributed by atoms with Gasteiger partial charge in [0.25, 0.3) is 0 Å². The monoisotopic (exact) mass is 244 g/mol. The molecule has 98 valence electrons. The first kappa shape index (κ1) is 12.0. The van der Waals surface area contributed by atoms with Gasteiger partial charge in [-0.05, 0) is 62.4 Å². The molecule has 1 atom stereocenters. The van der Waals surface area contributed by atoms with Gasteiger partial charge in [0.15, 0.2) is 0 Å². The van der Waals surface area contributed by atoms with Gasteiger partial charge in [-0.25, -0.2) is 0 Å². The summed E-state index contributed by atoms with van der Waals surface area (Å²) in [6, 6.07) is 4.69. The SMILES string of the molecule is Cc1ccc2c(c1C)N(C)CC2C1CCNCC1. The quantitative estimate of drug-likeness (QED) is 0.817. The maximum Gasteiger partial charge on any atom is 0.0432 e. The summed E-state index contributed by atoms with van der Waals surface area (Å²) >= 11 is 0. The molecule has 1 unspecified atom stereocenters. The molecule has 0 radical (unpaired) electrons. The fraction of sp³-hybridized carbons (Fsp3) is 0.625. The molecule has 3 rings (SSSR count). The standard InChI is InChI=1S/C16H24N2/c1-11-4-5-14-15(13-6-8-17-9-7-13)10-18(3)16(14)12(11)2/h4-5,13,15,17H,6-10H2,1-3H3. The Hall–Kier alpha value is -1.02. The van der Waals surface area contributed by atoms with Gasteiger partial charge in [-0.1, -0.05) is 12.1 Å². The minimum absolute atomic E-state index is 0.756. The number of aryl methyl sites for hydroxylation is 1. The summed E-state index contributed by atoms with van der Waals surface area (Å²) in [7, 11) is 2.26. The van der Waals surface area contributed by atoms with Crippen LogP contribution < -0.4 is 10.2 Å². The van der Waals surface area contributed by atoms with Crippen LogP contribution in [-0.4, -0.2) is 26.7 Å². The van der Waals surface area contributed by atoms with E-state index in [0.29, 0.717) is 0 Å². The molecule has 0 bridgehead atoms. The number of nitrogens with zero attached hydrogens (tertiary/aromatic N) is 1. The van der Waals surface area contributed by atoms with Crippen molar-refractivity contribution < 1.29 is 0 Å². The predicted octanol–water partition coefficient (Wildman–Crippen LogP) is 2.84. The Labute approximate surface area is 110 Å². The number of rotatable bonds is 1. The first-order valence-corrected chi connectivity index (χ1v) is 7.20. The molecule has 0 aromatic heterocycles. The van der Waals surface area contributed by atoms with Gasteiger partial charge in [0.1, 0.15) is 0 Å². The van der Waals surface area contributed by atoms with Crippen LogP contribution in [0.25, 0.3) is 0 Å². The van der Waals surface area contributed by atoms with Crippen molar-refractivity contribution in [1.82, 2.24) is 5.32 Å². The van der Waals surface area contributed by atoms with Gasteiger partial charge in [-0.15, -0.1) is 0 Å². The van der Waals surface area contributed by atoms with E-state index in [9.17, 15) is 0 Å². The Morgan fingerprint density at radius 3 is 2.61 bits per heavy atom. The molecule has 18 heavy (non-hydrogen) atoms. The lowest BCUT2D eigenvalue weighted by molar-refractivity contribution is 0.327. The van der Waals surface area contributed by atoms with Gasteiger partial charge < -0.3 is 10.2 Å². The number of nitrogens with one attached hydrogen (secondary N) is 1. The average Bonchev–Trinajstić information content (AvgIpc) is 2.73. The van der Waals surface area contributed by atoms with Gasteiger partial charge in [0.2, 0.25) is 0 Å². The summed E-state index contributed by atoms with van der Waals surface area (Å²) in [5.74, 6) is 1.63. The molecule has 2 heteroatoms. The number of hydrogen-bond donors (Lipinski definition) is 1. The number of likely N-dealkylation sites (N-methyl/N-ethyl adjacent to an activating group) is 1. The zero-order valence-electron chi connectivity index (χ0n) is 11.8. The third-order valence-electron chi connectivity index (χ3n) is 4.94. The van der Waals surface area contributed by atoms with Crippen LogP contribution in [0.2, 0.25) is 0 Å². The van der Waals surface area contributed by atoms with Crippen molar-refractivity contribution in [3.8, 4) is 0 Å². The highest BCUT2D eigenvalue weighted by Crippen LogP contribution is 2.44. The molecule has 1 saturated heterocycles. The molecular weight excluding hydrogens is 220 g/mol.